The Bertz CT molecular complexity index is 488. The highest BCUT2D eigenvalue weighted by Crippen LogP contribution is 2.35. The van der Waals surface area contributed by atoms with Crippen LogP contribution in [0.25, 0.3) is 0 Å². The van der Waals surface area contributed by atoms with Crippen molar-refractivity contribution < 1.29 is 13.2 Å². The molecule has 1 aliphatic rings. The lowest BCUT2D eigenvalue weighted by molar-refractivity contribution is -0.137. The molecule has 0 spiro atoms. The van der Waals surface area contributed by atoms with Gasteiger partial charge in [0.25, 0.3) is 0 Å². The highest BCUT2D eigenvalue weighted by atomic mass is 19.4. The van der Waals surface area contributed by atoms with Crippen molar-refractivity contribution in [3.05, 3.63) is 29.3 Å². The van der Waals surface area contributed by atoms with Crippen molar-refractivity contribution in [1.29, 1.82) is 5.26 Å². The zero-order chi connectivity index (χ0) is 13.3. The van der Waals surface area contributed by atoms with E-state index in [0.29, 0.717) is 11.6 Å². The summed E-state index contributed by atoms with van der Waals surface area (Å²) in [7, 11) is 0. The zero-order valence-electron chi connectivity index (χ0n) is 9.96. The fourth-order valence-electron chi connectivity index (χ4n) is 2.23. The Morgan fingerprint density at radius 2 is 2.11 bits per heavy atom. The summed E-state index contributed by atoms with van der Waals surface area (Å²) in [5.41, 5.74) is -0.619. The van der Waals surface area contributed by atoms with Crippen molar-refractivity contribution in [2.75, 3.05) is 18.0 Å². The van der Waals surface area contributed by atoms with Crippen LogP contribution in [-0.2, 0) is 6.18 Å². The summed E-state index contributed by atoms with van der Waals surface area (Å²) in [5, 5.41) is 8.72. The number of alkyl halides is 3. The van der Waals surface area contributed by atoms with Gasteiger partial charge in [0, 0.05) is 18.8 Å². The predicted octanol–water partition coefficient (Wildman–Crippen LogP) is 3.42. The van der Waals surface area contributed by atoms with E-state index in [1.165, 1.54) is 6.07 Å². The van der Waals surface area contributed by atoms with Crippen molar-refractivity contribution in [3.8, 4) is 6.07 Å². The van der Waals surface area contributed by atoms with Gasteiger partial charge in [-0.1, -0.05) is 6.92 Å². The molecule has 1 atom stereocenters. The SMILES string of the molecule is CC1CCN(c2ccc(C#N)c(C(F)(F)F)c2)C1. The number of nitrogens with zero attached hydrogens (tertiary/aromatic N) is 2. The van der Waals surface area contributed by atoms with Crippen molar-refractivity contribution in [2.24, 2.45) is 5.92 Å². The molecule has 1 aromatic rings. The molecule has 96 valence electrons. The Balaban J connectivity index is 2.38. The third kappa shape index (κ3) is 2.42. The molecule has 1 aromatic carbocycles. The number of benzene rings is 1. The van der Waals surface area contributed by atoms with E-state index in [9.17, 15) is 13.2 Å². The van der Waals surface area contributed by atoms with Crippen molar-refractivity contribution >= 4 is 5.69 Å². The summed E-state index contributed by atoms with van der Waals surface area (Å²) in [4.78, 5) is 1.93. The maximum Gasteiger partial charge on any atom is 0.417 e. The van der Waals surface area contributed by atoms with Crippen LogP contribution in [0.15, 0.2) is 18.2 Å². The topological polar surface area (TPSA) is 27.0 Å². The lowest BCUT2D eigenvalue weighted by atomic mass is 10.1. The summed E-state index contributed by atoms with van der Waals surface area (Å²) >= 11 is 0. The zero-order valence-corrected chi connectivity index (χ0v) is 9.96. The van der Waals surface area contributed by atoms with Gasteiger partial charge in [0.05, 0.1) is 17.2 Å². The van der Waals surface area contributed by atoms with Gasteiger partial charge in [-0.15, -0.1) is 0 Å². The summed E-state index contributed by atoms with van der Waals surface area (Å²) in [6.07, 6.45) is -3.49. The molecule has 2 rings (SSSR count). The second-order valence-corrected chi connectivity index (χ2v) is 4.68. The van der Waals surface area contributed by atoms with Gasteiger partial charge in [-0.25, -0.2) is 0 Å². The number of halogens is 3. The smallest absolute Gasteiger partial charge is 0.371 e. The minimum atomic E-state index is -4.48. The van der Waals surface area contributed by atoms with Crippen LogP contribution >= 0.6 is 0 Å². The monoisotopic (exact) mass is 254 g/mol. The van der Waals surface area contributed by atoms with Crippen LogP contribution in [0.1, 0.15) is 24.5 Å². The molecule has 0 amide bonds. The largest absolute Gasteiger partial charge is 0.417 e. The molecular formula is C13H13F3N2. The third-order valence-electron chi connectivity index (χ3n) is 3.22. The first kappa shape index (κ1) is 12.7. The summed E-state index contributed by atoms with van der Waals surface area (Å²) in [6, 6.07) is 5.51. The second kappa shape index (κ2) is 4.52. The molecule has 1 saturated heterocycles. The first-order chi connectivity index (χ1) is 8.41. The Morgan fingerprint density at radius 3 is 2.61 bits per heavy atom. The molecule has 0 aromatic heterocycles. The van der Waals surface area contributed by atoms with E-state index in [0.717, 1.165) is 25.6 Å². The van der Waals surface area contributed by atoms with Crippen LogP contribution in [0, 0.1) is 17.2 Å². The fraction of sp³-hybridized carbons (Fsp3) is 0.462. The van der Waals surface area contributed by atoms with E-state index in [2.05, 4.69) is 6.92 Å². The minimum Gasteiger partial charge on any atom is -0.371 e. The molecule has 1 unspecified atom stereocenters. The van der Waals surface area contributed by atoms with Crippen molar-refractivity contribution in [2.45, 2.75) is 19.5 Å². The quantitative estimate of drug-likeness (QED) is 0.767. The van der Waals surface area contributed by atoms with E-state index < -0.39 is 11.7 Å². The number of anilines is 1. The lowest BCUT2D eigenvalue weighted by Gasteiger charge is -2.20. The van der Waals surface area contributed by atoms with Gasteiger partial charge in [0.2, 0.25) is 0 Å². The van der Waals surface area contributed by atoms with Gasteiger partial charge in [0.1, 0.15) is 0 Å². The van der Waals surface area contributed by atoms with E-state index in [1.54, 1.807) is 12.1 Å². The van der Waals surface area contributed by atoms with Crippen LogP contribution in [0.3, 0.4) is 0 Å². The summed E-state index contributed by atoms with van der Waals surface area (Å²) < 4.78 is 38.4. The van der Waals surface area contributed by atoms with E-state index >= 15 is 0 Å². The highest BCUT2D eigenvalue weighted by molar-refractivity contribution is 5.55. The van der Waals surface area contributed by atoms with Gasteiger partial charge < -0.3 is 4.90 Å². The third-order valence-corrected chi connectivity index (χ3v) is 3.22. The van der Waals surface area contributed by atoms with E-state index in [-0.39, 0.29) is 5.56 Å². The predicted molar refractivity (Wildman–Crippen MR) is 62.2 cm³/mol. The van der Waals surface area contributed by atoms with Crippen LogP contribution in [0.4, 0.5) is 18.9 Å². The van der Waals surface area contributed by atoms with Gasteiger partial charge in [-0.05, 0) is 30.5 Å². The summed E-state index contributed by atoms with van der Waals surface area (Å²) in [5.74, 6) is 0.495. The standard InChI is InChI=1S/C13H13F3N2/c1-9-4-5-18(8-9)11-3-2-10(7-17)12(6-11)13(14,15)16/h2-3,6,9H,4-5,8H2,1H3. The maximum absolute atomic E-state index is 12.8. The van der Waals surface area contributed by atoms with Crippen LogP contribution in [0.2, 0.25) is 0 Å². The van der Waals surface area contributed by atoms with Crippen LogP contribution < -0.4 is 4.90 Å². The normalized spacial score (nSPS) is 19.9. The lowest BCUT2D eigenvalue weighted by Crippen LogP contribution is -2.20. The molecule has 5 heteroatoms. The molecule has 0 aliphatic carbocycles. The average molecular weight is 254 g/mol. The molecule has 0 bridgehead atoms. The molecule has 1 aliphatic heterocycles. The Labute approximate surface area is 104 Å². The fourth-order valence-corrected chi connectivity index (χ4v) is 2.23. The Kier molecular flexibility index (Phi) is 3.20. The van der Waals surface area contributed by atoms with Crippen molar-refractivity contribution in [1.82, 2.24) is 0 Å². The van der Waals surface area contributed by atoms with Crippen molar-refractivity contribution in [3.63, 3.8) is 0 Å². The molecule has 0 radical (unpaired) electrons. The molecule has 1 heterocycles. The van der Waals surface area contributed by atoms with Crippen LogP contribution in [0.5, 0.6) is 0 Å². The molecule has 1 fully saturated rings. The van der Waals surface area contributed by atoms with Gasteiger partial charge in [0.15, 0.2) is 0 Å². The molecular weight excluding hydrogens is 241 g/mol. The minimum absolute atomic E-state index is 0.321. The number of nitriles is 1. The number of hydrogen-bond donors (Lipinski definition) is 0. The average Bonchev–Trinajstić information content (AvgIpc) is 2.74. The Hall–Kier alpha value is -1.70. The molecule has 0 saturated carbocycles. The first-order valence-electron chi connectivity index (χ1n) is 5.78. The van der Waals surface area contributed by atoms with E-state index in [4.69, 9.17) is 5.26 Å². The molecule has 0 N–H and O–H groups in total. The molecule has 2 nitrogen and oxygen atoms in total. The van der Waals surface area contributed by atoms with Crippen LogP contribution in [-0.4, -0.2) is 13.1 Å². The number of rotatable bonds is 1. The molecule has 18 heavy (non-hydrogen) atoms. The second-order valence-electron chi connectivity index (χ2n) is 4.68. The Morgan fingerprint density at radius 1 is 1.39 bits per heavy atom. The summed E-state index contributed by atoms with van der Waals surface area (Å²) in [6.45, 7) is 3.61. The first-order valence-corrected chi connectivity index (χ1v) is 5.78. The maximum atomic E-state index is 12.8. The van der Waals surface area contributed by atoms with Gasteiger partial charge in [-0.2, -0.15) is 18.4 Å². The van der Waals surface area contributed by atoms with Gasteiger partial charge >= 0.3 is 6.18 Å². The van der Waals surface area contributed by atoms with Gasteiger partial charge in [-0.3, -0.25) is 0 Å². The number of hydrogen-bond acceptors (Lipinski definition) is 2. The highest BCUT2D eigenvalue weighted by Gasteiger charge is 2.34. The van der Waals surface area contributed by atoms with E-state index in [1.807, 2.05) is 4.90 Å².